The van der Waals surface area contributed by atoms with Crippen LogP contribution in [0.3, 0.4) is 0 Å². The molecular weight excluding hydrogens is 221 g/mol. The molecule has 0 radical (unpaired) electrons. The smallest absolute Gasteiger partial charge is 0.416 e. The lowest BCUT2D eigenvalue weighted by Gasteiger charge is -2.13. The third kappa shape index (κ3) is 1.66. The van der Waals surface area contributed by atoms with Gasteiger partial charge in [0.2, 0.25) is 0 Å². The summed E-state index contributed by atoms with van der Waals surface area (Å²) in [6.45, 7) is 1.27. The summed E-state index contributed by atoms with van der Waals surface area (Å²) in [5, 5.41) is 0. The van der Waals surface area contributed by atoms with E-state index < -0.39 is 17.7 Å². The van der Waals surface area contributed by atoms with E-state index in [1.54, 1.807) is 0 Å². The Morgan fingerprint density at radius 3 is 2.69 bits per heavy atom. The van der Waals surface area contributed by atoms with Crippen molar-refractivity contribution < 1.29 is 22.7 Å². The van der Waals surface area contributed by atoms with Crippen molar-refractivity contribution in [2.75, 3.05) is 6.61 Å². The minimum Gasteiger partial charge on any atom is -0.492 e. The molecule has 5 heteroatoms. The van der Waals surface area contributed by atoms with Crippen LogP contribution in [0, 0.1) is 0 Å². The lowest BCUT2D eigenvalue weighted by atomic mass is 9.93. The summed E-state index contributed by atoms with van der Waals surface area (Å²) in [6, 6.07) is 3.71. The Bertz CT molecular complexity index is 437. The van der Waals surface area contributed by atoms with Crippen LogP contribution in [-0.4, -0.2) is 12.4 Å². The molecule has 1 atom stereocenters. The maximum absolute atomic E-state index is 12.7. The van der Waals surface area contributed by atoms with E-state index in [0.717, 1.165) is 6.07 Å². The standard InChI is InChI=1S/C11H9F3O2/c1-6(15)7-5-16-9-4-2-3-8(10(7)9)11(12,13)14/h2-4,7H,5H2,1H3. The van der Waals surface area contributed by atoms with E-state index in [4.69, 9.17) is 4.74 Å². The summed E-state index contributed by atoms with van der Waals surface area (Å²) in [5.74, 6) is -0.946. The van der Waals surface area contributed by atoms with E-state index >= 15 is 0 Å². The quantitative estimate of drug-likeness (QED) is 0.741. The monoisotopic (exact) mass is 230 g/mol. The molecule has 16 heavy (non-hydrogen) atoms. The summed E-state index contributed by atoms with van der Waals surface area (Å²) in [7, 11) is 0. The number of carbonyl (C=O) groups is 1. The highest BCUT2D eigenvalue weighted by atomic mass is 19.4. The van der Waals surface area contributed by atoms with Crippen molar-refractivity contribution in [2.45, 2.75) is 19.0 Å². The molecule has 0 saturated carbocycles. The van der Waals surface area contributed by atoms with E-state index in [-0.39, 0.29) is 23.7 Å². The lowest BCUT2D eigenvalue weighted by Crippen LogP contribution is -2.15. The van der Waals surface area contributed by atoms with Crippen LogP contribution in [0.5, 0.6) is 5.75 Å². The molecule has 2 rings (SSSR count). The van der Waals surface area contributed by atoms with Gasteiger partial charge in [-0.2, -0.15) is 13.2 Å². The fourth-order valence-electron chi connectivity index (χ4n) is 1.85. The Labute approximate surface area is 90.0 Å². The second kappa shape index (κ2) is 3.50. The number of rotatable bonds is 1. The van der Waals surface area contributed by atoms with E-state index in [1.807, 2.05) is 0 Å². The van der Waals surface area contributed by atoms with Gasteiger partial charge in [0.25, 0.3) is 0 Å². The Balaban J connectivity index is 2.58. The number of hydrogen-bond donors (Lipinski definition) is 0. The summed E-state index contributed by atoms with van der Waals surface area (Å²) in [4.78, 5) is 11.2. The molecule has 1 aliphatic rings. The number of ether oxygens (including phenoxy) is 1. The molecule has 0 spiro atoms. The molecule has 1 aliphatic heterocycles. The van der Waals surface area contributed by atoms with E-state index in [9.17, 15) is 18.0 Å². The highest BCUT2D eigenvalue weighted by molar-refractivity contribution is 5.85. The SMILES string of the molecule is CC(=O)C1COc2cccc(C(F)(F)F)c21. The van der Waals surface area contributed by atoms with Gasteiger partial charge in [-0.3, -0.25) is 4.79 Å². The van der Waals surface area contributed by atoms with Gasteiger partial charge in [0.05, 0.1) is 11.5 Å². The van der Waals surface area contributed by atoms with Crippen molar-refractivity contribution in [3.05, 3.63) is 29.3 Å². The normalized spacial score (nSPS) is 19.1. The third-order valence-electron chi connectivity index (χ3n) is 2.62. The van der Waals surface area contributed by atoms with Gasteiger partial charge in [0.1, 0.15) is 18.1 Å². The Morgan fingerprint density at radius 1 is 1.44 bits per heavy atom. The van der Waals surface area contributed by atoms with Gasteiger partial charge >= 0.3 is 6.18 Å². The van der Waals surface area contributed by atoms with Gasteiger partial charge in [-0.1, -0.05) is 6.07 Å². The molecule has 1 aromatic rings. The van der Waals surface area contributed by atoms with Gasteiger partial charge in [-0.25, -0.2) is 0 Å². The largest absolute Gasteiger partial charge is 0.492 e. The van der Waals surface area contributed by atoms with Crippen LogP contribution in [0.25, 0.3) is 0 Å². The molecule has 86 valence electrons. The van der Waals surface area contributed by atoms with Crippen molar-refractivity contribution in [3.8, 4) is 5.75 Å². The second-order valence-electron chi connectivity index (χ2n) is 3.69. The fourth-order valence-corrected chi connectivity index (χ4v) is 1.85. The predicted molar refractivity (Wildman–Crippen MR) is 50.4 cm³/mol. The zero-order valence-electron chi connectivity index (χ0n) is 8.47. The van der Waals surface area contributed by atoms with Crippen LogP contribution < -0.4 is 4.74 Å². The molecular formula is C11H9F3O2. The van der Waals surface area contributed by atoms with Crippen molar-refractivity contribution >= 4 is 5.78 Å². The zero-order valence-corrected chi connectivity index (χ0v) is 8.47. The summed E-state index contributed by atoms with van der Waals surface area (Å²) in [5.41, 5.74) is -0.801. The van der Waals surface area contributed by atoms with Gasteiger partial charge in [0.15, 0.2) is 0 Å². The molecule has 1 aromatic carbocycles. The molecule has 0 aromatic heterocycles. The first-order valence-electron chi connectivity index (χ1n) is 4.74. The minimum absolute atomic E-state index is 0.00222. The average molecular weight is 230 g/mol. The van der Waals surface area contributed by atoms with Crippen molar-refractivity contribution in [3.63, 3.8) is 0 Å². The number of alkyl halides is 3. The highest BCUT2D eigenvalue weighted by Gasteiger charge is 2.40. The fraction of sp³-hybridized carbons (Fsp3) is 0.364. The van der Waals surface area contributed by atoms with Crippen molar-refractivity contribution in [1.29, 1.82) is 0 Å². The van der Waals surface area contributed by atoms with E-state index in [2.05, 4.69) is 0 Å². The lowest BCUT2D eigenvalue weighted by molar-refractivity contribution is -0.138. The molecule has 1 unspecified atom stereocenters. The van der Waals surface area contributed by atoms with Crippen LogP contribution in [0.4, 0.5) is 13.2 Å². The van der Waals surface area contributed by atoms with Crippen LogP contribution >= 0.6 is 0 Å². The molecule has 2 nitrogen and oxygen atoms in total. The number of benzene rings is 1. The summed E-state index contributed by atoms with van der Waals surface area (Å²) >= 11 is 0. The molecule has 0 fully saturated rings. The maximum atomic E-state index is 12.7. The molecule has 0 aliphatic carbocycles. The molecule has 0 amide bonds. The van der Waals surface area contributed by atoms with Gasteiger partial charge in [0, 0.05) is 5.56 Å². The molecule has 0 bridgehead atoms. The number of Topliss-reactive ketones (excluding diaryl/α,β-unsaturated/α-hetero) is 1. The number of carbonyl (C=O) groups excluding carboxylic acids is 1. The Morgan fingerprint density at radius 2 is 2.12 bits per heavy atom. The van der Waals surface area contributed by atoms with Gasteiger partial charge < -0.3 is 4.74 Å². The van der Waals surface area contributed by atoms with E-state index in [1.165, 1.54) is 19.1 Å². The number of hydrogen-bond acceptors (Lipinski definition) is 2. The molecule has 1 heterocycles. The third-order valence-corrected chi connectivity index (χ3v) is 2.62. The topological polar surface area (TPSA) is 26.3 Å². The van der Waals surface area contributed by atoms with Crippen molar-refractivity contribution in [1.82, 2.24) is 0 Å². The number of fused-ring (bicyclic) bond motifs is 1. The average Bonchev–Trinajstić information content (AvgIpc) is 2.58. The van der Waals surface area contributed by atoms with Crippen LogP contribution in [0.1, 0.15) is 24.0 Å². The van der Waals surface area contributed by atoms with Crippen LogP contribution in [0.15, 0.2) is 18.2 Å². The minimum atomic E-state index is -4.45. The van der Waals surface area contributed by atoms with Gasteiger partial charge in [-0.05, 0) is 19.1 Å². The van der Waals surface area contributed by atoms with E-state index in [0.29, 0.717) is 0 Å². The Hall–Kier alpha value is -1.52. The number of halogens is 3. The second-order valence-corrected chi connectivity index (χ2v) is 3.69. The first-order chi connectivity index (χ1) is 7.41. The first-order valence-corrected chi connectivity index (χ1v) is 4.74. The predicted octanol–water partition coefficient (Wildman–Crippen LogP) is 2.77. The Kier molecular flexibility index (Phi) is 2.40. The highest BCUT2D eigenvalue weighted by Crippen LogP contribution is 2.43. The maximum Gasteiger partial charge on any atom is 0.416 e. The summed E-state index contributed by atoms with van der Waals surface area (Å²) < 4.78 is 43.2. The summed E-state index contributed by atoms with van der Waals surface area (Å²) in [6.07, 6.45) is -4.45. The van der Waals surface area contributed by atoms with Gasteiger partial charge in [-0.15, -0.1) is 0 Å². The first kappa shape index (κ1) is 11.0. The van der Waals surface area contributed by atoms with Crippen LogP contribution in [0.2, 0.25) is 0 Å². The molecule has 0 saturated heterocycles. The molecule has 0 N–H and O–H groups in total. The van der Waals surface area contributed by atoms with Crippen LogP contribution in [-0.2, 0) is 11.0 Å². The number of ketones is 1. The zero-order chi connectivity index (χ0) is 11.9. The van der Waals surface area contributed by atoms with Crippen molar-refractivity contribution in [2.24, 2.45) is 0 Å².